The van der Waals surface area contributed by atoms with Gasteiger partial charge in [0.25, 0.3) is 5.56 Å². The molecule has 6 heteroatoms. The number of fused-ring (bicyclic) bond motifs is 2. The fourth-order valence-corrected chi connectivity index (χ4v) is 4.24. The molecule has 0 N–H and O–H groups in total. The number of allylic oxidation sites excluding steroid dienone is 2. The summed E-state index contributed by atoms with van der Waals surface area (Å²) >= 11 is 1.17. The molecule has 5 nitrogen and oxygen atoms in total. The number of nitrogens with zero attached hydrogens (tertiary/aromatic N) is 4. The average molecular weight is 364 g/mol. The molecule has 0 atom stereocenters. The monoisotopic (exact) mass is 364 g/mol. The highest BCUT2D eigenvalue weighted by Gasteiger charge is 2.26. The Morgan fingerprint density at radius 2 is 1.92 bits per heavy atom. The molecule has 2 aromatic rings. The number of hydrogen-bond donors (Lipinski definition) is 0. The molecule has 0 saturated carbocycles. The number of aromatic nitrogens is 2. The summed E-state index contributed by atoms with van der Waals surface area (Å²) < 4.78 is 6.06. The molecule has 0 spiro atoms. The highest BCUT2D eigenvalue weighted by atomic mass is 32.2. The first-order valence-corrected chi connectivity index (χ1v) is 9.29. The van der Waals surface area contributed by atoms with E-state index in [9.17, 15) is 4.79 Å². The molecular formula is C20H20N4OS. The van der Waals surface area contributed by atoms with Gasteiger partial charge >= 0.3 is 0 Å². The minimum absolute atomic E-state index is 0.0453. The van der Waals surface area contributed by atoms with Crippen LogP contribution in [-0.4, -0.2) is 34.8 Å². The van der Waals surface area contributed by atoms with Gasteiger partial charge in [0.2, 0.25) is 0 Å². The molecule has 1 aromatic carbocycles. The van der Waals surface area contributed by atoms with Gasteiger partial charge in [-0.1, -0.05) is 30.8 Å². The summed E-state index contributed by atoms with van der Waals surface area (Å²) in [4.78, 5) is 20.3. The first-order valence-electron chi connectivity index (χ1n) is 8.52. The van der Waals surface area contributed by atoms with Gasteiger partial charge in [0.05, 0.1) is 12.0 Å². The SMILES string of the molecule is C=C1/C(N(C)C)=C\C=NSc2c1ncn(C1Cc3ccccc3C1)c2=O. The minimum Gasteiger partial charge on any atom is -0.377 e. The van der Waals surface area contributed by atoms with E-state index in [1.165, 1.54) is 23.1 Å². The molecule has 0 amide bonds. The Labute approximate surface area is 156 Å². The Kier molecular flexibility index (Phi) is 4.28. The number of likely N-dealkylation sites (N-methyl/N-ethyl adjacent to an activating group) is 1. The van der Waals surface area contributed by atoms with E-state index in [0.717, 1.165) is 24.1 Å². The average Bonchev–Trinajstić information content (AvgIpc) is 3.03. The van der Waals surface area contributed by atoms with Gasteiger partial charge in [0.15, 0.2) is 0 Å². The van der Waals surface area contributed by atoms with Gasteiger partial charge in [-0.25, -0.2) is 9.38 Å². The zero-order valence-electron chi connectivity index (χ0n) is 14.8. The second-order valence-corrected chi connectivity index (χ2v) is 7.54. The van der Waals surface area contributed by atoms with E-state index < -0.39 is 0 Å². The predicted octanol–water partition coefficient (Wildman–Crippen LogP) is 3.13. The summed E-state index contributed by atoms with van der Waals surface area (Å²) in [7, 11) is 3.88. The Bertz CT molecular complexity index is 978. The van der Waals surface area contributed by atoms with Crippen LogP contribution in [0.25, 0.3) is 5.57 Å². The largest absolute Gasteiger partial charge is 0.377 e. The Morgan fingerprint density at radius 3 is 2.58 bits per heavy atom. The third kappa shape index (κ3) is 2.80. The maximum atomic E-state index is 13.2. The second kappa shape index (κ2) is 6.61. The van der Waals surface area contributed by atoms with E-state index in [2.05, 4.69) is 28.1 Å². The van der Waals surface area contributed by atoms with Crippen molar-refractivity contribution in [3.8, 4) is 0 Å². The first kappa shape index (κ1) is 16.8. The number of rotatable bonds is 2. The molecule has 0 radical (unpaired) electrons. The van der Waals surface area contributed by atoms with Crippen LogP contribution in [0.4, 0.5) is 0 Å². The third-order valence-electron chi connectivity index (χ3n) is 4.89. The Morgan fingerprint density at radius 1 is 1.23 bits per heavy atom. The molecule has 2 aliphatic rings. The lowest BCUT2D eigenvalue weighted by atomic mass is 10.1. The van der Waals surface area contributed by atoms with Gasteiger partial charge in [-0.05, 0) is 30.0 Å². The molecule has 1 aromatic heterocycles. The topological polar surface area (TPSA) is 50.5 Å². The number of benzene rings is 1. The van der Waals surface area contributed by atoms with Gasteiger partial charge in [0.1, 0.15) is 4.90 Å². The molecule has 4 rings (SSSR count). The molecule has 0 bridgehead atoms. The van der Waals surface area contributed by atoms with Crippen LogP contribution in [0.5, 0.6) is 0 Å². The van der Waals surface area contributed by atoms with Crippen LogP contribution in [0.2, 0.25) is 0 Å². The summed E-state index contributed by atoms with van der Waals surface area (Å²) in [6.45, 7) is 4.16. The normalized spacial score (nSPS) is 18.5. The zero-order valence-corrected chi connectivity index (χ0v) is 15.7. The Balaban J connectivity index is 1.75. The van der Waals surface area contributed by atoms with E-state index in [1.54, 1.807) is 17.1 Å². The maximum absolute atomic E-state index is 13.2. The predicted molar refractivity (Wildman–Crippen MR) is 107 cm³/mol. The van der Waals surface area contributed by atoms with Gasteiger partial charge in [-0.3, -0.25) is 9.36 Å². The maximum Gasteiger partial charge on any atom is 0.269 e. The zero-order chi connectivity index (χ0) is 18.3. The summed E-state index contributed by atoms with van der Waals surface area (Å²) in [6.07, 6.45) is 6.97. The van der Waals surface area contributed by atoms with Gasteiger partial charge < -0.3 is 4.90 Å². The lowest BCUT2D eigenvalue weighted by Gasteiger charge is -2.22. The molecular weight excluding hydrogens is 344 g/mol. The lowest BCUT2D eigenvalue weighted by Crippen LogP contribution is -2.28. The second-order valence-electron chi connectivity index (χ2n) is 6.74. The third-order valence-corrected chi connectivity index (χ3v) is 5.67. The molecule has 1 aliphatic heterocycles. The van der Waals surface area contributed by atoms with E-state index in [-0.39, 0.29) is 11.6 Å². The fraction of sp³-hybridized carbons (Fsp3) is 0.250. The van der Waals surface area contributed by atoms with Crippen molar-refractivity contribution in [1.82, 2.24) is 14.5 Å². The van der Waals surface area contributed by atoms with Gasteiger partial charge in [0, 0.05) is 49.6 Å². The molecule has 0 unspecified atom stereocenters. The van der Waals surface area contributed by atoms with Crippen molar-refractivity contribution in [2.45, 2.75) is 23.8 Å². The molecule has 0 saturated heterocycles. The van der Waals surface area contributed by atoms with Crippen molar-refractivity contribution in [2.75, 3.05) is 14.1 Å². The van der Waals surface area contributed by atoms with Crippen LogP contribution in [0.15, 0.2) is 63.0 Å². The summed E-state index contributed by atoms with van der Waals surface area (Å²) in [5.74, 6) is 0. The van der Waals surface area contributed by atoms with Crippen LogP contribution in [0.3, 0.4) is 0 Å². The molecule has 0 fully saturated rings. The van der Waals surface area contributed by atoms with Crippen LogP contribution in [0.1, 0.15) is 22.9 Å². The van der Waals surface area contributed by atoms with Crippen LogP contribution >= 0.6 is 11.9 Å². The highest BCUT2D eigenvalue weighted by molar-refractivity contribution is 7.98. The molecule has 132 valence electrons. The van der Waals surface area contributed by atoms with Crippen molar-refractivity contribution in [3.63, 3.8) is 0 Å². The van der Waals surface area contributed by atoms with Crippen molar-refractivity contribution in [3.05, 3.63) is 76.1 Å². The van der Waals surface area contributed by atoms with Gasteiger partial charge in [-0.2, -0.15) is 0 Å². The first-order chi connectivity index (χ1) is 12.6. The molecule has 26 heavy (non-hydrogen) atoms. The lowest BCUT2D eigenvalue weighted by molar-refractivity contribution is 0.495. The molecule has 2 heterocycles. The smallest absolute Gasteiger partial charge is 0.269 e. The summed E-state index contributed by atoms with van der Waals surface area (Å²) in [6, 6.07) is 8.47. The van der Waals surface area contributed by atoms with Crippen LogP contribution < -0.4 is 5.56 Å². The van der Waals surface area contributed by atoms with Crippen LogP contribution in [-0.2, 0) is 12.8 Å². The fourth-order valence-electron chi connectivity index (χ4n) is 3.56. The van der Waals surface area contributed by atoms with E-state index in [1.807, 2.05) is 37.2 Å². The van der Waals surface area contributed by atoms with Crippen molar-refractivity contribution >= 4 is 23.7 Å². The minimum atomic E-state index is -0.0453. The van der Waals surface area contributed by atoms with Crippen molar-refractivity contribution < 1.29 is 0 Å². The number of hydrogen-bond acceptors (Lipinski definition) is 5. The van der Waals surface area contributed by atoms with Crippen LogP contribution in [0, 0.1) is 0 Å². The van der Waals surface area contributed by atoms with Gasteiger partial charge in [-0.15, -0.1) is 0 Å². The van der Waals surface area contributed by atoms with Crippen molar-refractivity contribution in [2.24, 2.45) is 4.40 Å². The molecule has 1 aliphatic carbocycles. The van der Waals surface area contributed by atoms with Crippen molar-refractivity contribution in [1.29, 1.82) is 0 Å². The van der Waals surface area contributed by atoms with E-state index in [0.29, 0.717) is 10.6 Å². The quantitative estimate of drug-likeness (QED) is 0.768. The highest BCUT2D eigenvalue weighted by Crippen LogP contribution is 2.32. The van der Waals surface area contributed by atoms with E-state index in [4.69, 9.17) is 0 Å². The summed E-state index contributed by atoms with van der Waals surface area (Å²) in [5, 5.41) is 0. The Hall–Kier alpha value is -2.60. The van der Waals surface area contributed by atoms with E-state index >= 15 is 0 Å². The standard InChI is InChI=1S/C20H20N4OS/c1-13-17(23(2)3)8-9-22-26-19-18(13)21-12-24(20(19)25)16-10-14-6-4-5-7-15(14)11-16/h4-9,12,16H,1,10-11H2,2-3H3/b17-8+,22-9?. The summed E-state index contributed by atoms with van der Waals surface area (Å²) in [5.41, 5.74) is 4.82.